The van der Waals surface area contributed by atoms with E-state index in [-0.39, 0.29) is 17.4 Å². The molecular weight excluding hydrogens is 294 g/mol. The van der Waals surface area contributed by atoms with Gasteiger partial charge in [-0.05, 0) is 30.5 Å². The van der Waals surface area contributed by atoms with Crippen molar-refractivity contribution in [3.05, 3.63) is 35.4 Å². The second-order valence-corrected chi connectivity index (χ2v) is 7.01. The van der Waals surface area contributed by atoms with Gasteiger partial charge in [0.05, 0.1) is 17.9 Å². The minimum atomic E-state index is -3.41. The molecule has 21 heavy (non-hydrogen) atoms. The summed E-state index contributed by atoms with van der Waals surface area (Å²) in [4.78, 5) is 10.8. The number of carboxylic acids is 1. The van der Waals surface area contributed by atoms with Gasteiger partial charge in [-0.1, -0.05) is 12.1 Å². The Hall–Kier alpha value is -1.44. The van der Waals surface area contributed by atoms with Gasteiger partial charge in [-0.3, -0.25) is 0 Å². The van der Waals surface area contributed by atoms with Crippen molar-refractivity contribution in [3.63, 3.8) is 0 Å². The van der Waals surface area contributed by atoms with Crippen molar-refractivity contribution in [2.75, 3.05) is 20.3 Å². The minimum absolute atomic E-state index is 0.0865. The molecule has 0 aromatic heterocycles. The Balaban J connectivity index is 2.09. The molecule has 0 bridgehead atoms. The lowest BCUT2D eigenvalue weighted by molar-refractivity contribution is 0.0697. The van der Waals surface area contributed by atoms with Crippen LogP contribution in [0.1, 0.15) is 28.8 Å². The highest BCUT2D eigenvalue weighted by atomic mass is 32.2. The maximum absolute atomic E-state index is 12.5. The van der Waals surface area contributed by atoms with Crippen LogP contribution in [0.5, 0.6) is 0 Å². The van der Waals surface area contributed by atoms with Gasteiger partial charge in [-0.2, -0.15) is 4.31 Å². The van der Waals surface area contributed by atoms with Gasteiger partial charge in [0.2, 0.25) is 10.0 Å². The van der Waals surface area contributed by atoms with Gasteiger partial charge in [-0.25, -0.2) is 13.2 Å². The van der Waals surface area contributed by atoms with Crippen molar-refractivity contribution in [2.24, 2.45) is 0 Å². The summed E-state index contributed by atoms with van der Waals surface area (Å²) in [5, 5.41) is 8.83. The van der Waals surface area contributed by atoms with Gasteiger partial charge < -0.3 is 9.84 Å². The van der Waals surface area contributed by atoms with Crippen LogP contribution < -0.4 is 0 Å². The zero-order valence-corrected chi connectivity index (χ0v) is 12.7. The molecule has 116 valence electrons. The van der Waals surface area contributed by atoms with Crippen LogP contribution in [0.2, 0.25) is 0 Å². The summed E-state index contributed by atoms with van der Waals surface area (Å²) >= 11 is 0. The molecule has 0 atom stereocenters. The van der Waals surface area contributed by atoms with E-state index in [0.29, 0.717) is 18.7 Å². The van der Waals surface area contributed by atoms with Crippen LogP contribution in [0.15, 0.2) is 24.3 Å². The first kappa shape index (κ1) is 15.9. The number of benzene rings is 1. The molecule has 6 nitrogen and oxygen atoms in total. The molecule has 7 heteroatoms. The molecule has 0 aliphatic heterocycles. The van der Waals surface area contributed by atoms with E-state index >= 15 is 0 Å². The van der Waals surface area contributed by atoms with Gasteiger partial charge in [0.25, 0.3) is 0 Å². The molecule has 1 aromatic rings. The van der Waals surface area contributed by atoms with Crippen LogP contribution in [-0.2, 0) is 20.5 Å². The molecule has 0 radical (unpaired) electrons. The average molecular weight is 313 g/mol. The first-order chi connectivity index (χ1) is 9.94. The van der Waals surface area contributed by atoms with Crippen LogP contribution in [-0.4, -0.2) is 50.1 Å². The number of methoxy groups -OCH3 is 1. The zero-order valence-electron chi connectivity index (χ0n) is 11.9. The van der Waals surface area contributed by atoms with E-state index in [0.717, 1.165) is 12.8 Å². The van der Waals surface area contributed by atoms with Gasteiger partial charge in [0.15, 0.2) is 0 Å². The molecule has 0 saturated heterocycles. The quantitative estimate of drug-likeness (QED) is 0.782. The largest absolute Gasteiger partial charge is 0.478 e. The summed E-state index contributed by atoms with van der Waals surface area (Å²) in [6, 6.07) is 6.02. The van der Waals surface area contributed by atoms with E-state index in [9.17, 15) is 13.2 Å². The van der Waals surface area contributed by atoms with Crippen LogP contribution in [0.4, 0.5) is 0 Å². The van der Waals surface area contributed by atoms with Crippen molar-refractivity contribution in [2.45, 2.75) is 24.6 Å². The molecule has 0 spiro atoms. The third-order valence-corrected chi connectivity index (χ3v) is 5.27. The van der Waals surface area contributed by atoms with E-state index in [1.165, 1.54) is 16.4 Å². The van der Waals surface area contributed by atoms with Crippen molar-refractivity contribution >= 4 is 16.0 Å². The Morgan fingerprint density at radius 2 is 1.95 bits per heavy atom. The fraction of sp³-hybridized carbons (Fsp3) is 0.500. The maximum Gasteiger partial charge on any atom is 0.335 e. The van der Waals surface area contributed by atoms with Crippen molar-refractivity contribution in [1.29, 1.82) is 0 Å². The lowest BCUT2D eigenvalue weighted by Crippen LogP contribution is -2.36. The predicted molar refractivity (Wildman–Crippen MR) is 77.6 cm³/mol. The minimum Gasteiger partial charge on any atom is -0.478 e. The van der Waals surface area contributed by atoms with Crippen LogP contribution in [0, 0.1) is 0 Å². The van der Waals surface area contributed by atoms with Gasteiger partial charge in [0.1, 0.15) is 0 Å². The molecule has 0 amide bonds. The Morgan fingerprint density at radius 1 is 1.33 bits per heavy atom. The van der Waals surface area contributed by atoms with Crippen LogP contribution in [0.3, 0.4) is 0 Å². The van der Waals surface area contributed by atoms with Crippen molar-refractivity contribution in [1.82, 2.24) is 4.31 Å². The Morgan fingerprint density at radius 3 is 2.43 bits per heavy atom. The Kier molecular flexibility index (Phi) is 4.97. The topological polar surface area (TPSA) is 83.9 Å². The summed E-state index contributed by atoms with van der Waals surface area (Å²) in [6.07, 6.45) is 1.78. The Bertz CT molecular complexity index is 592. The lowest BCUT2D eigenvalue weighted by Gasteiger charge is -2.21. The molecule has 1 aliphatic rings. The number of carboxylic acid groups (broad SMARTS) is 1. The normalized spacial score (nSPS) is 15.3. The highest BCUT2D eigenvalue weighted by molar-refractivity contribution is 7.88. The molecule has 1 N–H and O–H groups in total. The number of aromatic carboxylic acids is 1. The van der Waals surface area contributed by atoms with E-state index in [2.05, 4.69) is 0 Å². The van der Waals surface area contributed by atoms with E-state index in [1.54, 1.807) is 19.2 Å². The number of rotatable bonds is 8. The molecule has 0 heterocycles. The highest BCUT2D eigenvalue weighted by Gasteiger charge is 2.36. The van der Waals surface area contributed by atoms with E-state index in [4.69, 9.17) is 9.84 Å². The summed E-state index contributed by atoms with van der Waals surface area (Å²) in [7, 11) is -1.87. The van der Waals surface area contributed by atoms with Gasteiger partial charge in [-0.15, -0.1) is 0 Å². The number of hydrogen-bond acceptors (Lipinski definition) is 4. The summed E-state index contributed by atoms with van der Waals surface area (Å²) < 4.78 is 31.4. The van der Waals surface area contributed by atoms with Crippen molar-refractivity contribution in [3.8, 4) is 0 Å². The fourth-order valence-electron chi connectivity index (χ4n) is 2.13. The molecule has 1 fully saturated rings. The van der Waals surface area contributed by atoms with Gasteiger partial charge in [0, 0.05) is 19.7 Å². The molecule has 1 aromatic carbocycles. The van der Waals surface area contributed by atoms with E-state index in [1.807, 2.05) is 0 Å². The summed E-state index contributed by atoms with van der Waals surface area (Å²) in [5.41, 5.74) is 0.734. The lowest BCUT2D eigenvalue weighted by atomic mass is 10.1. The maximum atomic E-state index is 12.5. The predicted octanol–water partition coefficient (Wildman–Crippen LogP) is 1.33. The summed E-state index contributed by atoms with van der Waals surface area (Å²) in [5.74, 6) is -1.14. The molecule has 0 unspecified atom stereocenters. The summed E-state index contributed by atoms with van der Waals surface area (Å²) in [6.45, 7) is 0.727. The second-order valence-electron chi connectivity index (χ2n) is 5.09. The van der Waals surface area contributed by atoms with Crippen LogP contribution >= 0.6 is 0 Å². The van der Waals surface area contributed by atoms with Crippen molar-refractivity contribution < 1.29 is 23.1 Å². The third kappa shape index (κ3) is 4.26. The standard InChI is InChI=1S/C14H19NO5S/c1-20-9-8-15(13-6-7-13)21(18,19)10-11-2-4-12(5-3-11)14(16)17/h2-5,13H,6-10H2,1H3,(H,16,17). The molecule has 2 rings (SSSR count). The monoisotopic (exact) mass is 313 g/mol. The second kappa shape index (κ2) is 6.55. The first-order valence-electron chi connectivity index (χ1n) is 6.75. The van der Waals surface area contributed by atoms with Gasteiger partial charge >= 0.3 is 5.97 Å². The highest BCUT2D eigenvalue weighted by Crippen LogP contribution is 2.30. The number of ether oxygens (including phenoxy) is 1. The van der Waals surface area contributed by atoms with Crippen LogP contribution in [0.25, 0.3) is 0 Å². The zero-order chi connectivity index (χ0) is 15.5. The smallest absolute Gasteiger partial charge is 0.335 e. The first-order valence-corrected chi connectivity index (χ1v) is 8.35. The average Bonchev–Trinajstić information content (AvgIpc) is 3.23. The fourth-order valence-corrected chi connectivity index (χ4v) is 3.93. The number of nitrogens with zero attached hydrogens (tertiary/aromatic N) is 1. The van der Waals surface area contributed by atoms with E-state index < -0.39 is 16.0 Å². The number of hydrogen-bond donors (Lipinski definition) is 1. The molecule has 1 saturated carbocycles. The third-order valence-electron chi connectivity index (χ3n) is 3.38. The Labute approximate surface area is 124 Å². The number of carbonyl (C=O) groups is 1. The number of sulfonamides is 1. The SMILES string of the molecule is COCCN(C1CC1)S(=O)(=O)Cc1ccc(C(=O)O)cc1. The molecule has 1 aliphatic carbocycles. The molecular formula is C14H19NO5S.